The molecule has 0 saturated carbocycles. The SMILES string of the molecule is Cc1csc(COc2ccc(CN)nc2)n1. The summed E-state index contributed by atoms with van der Waals surface area (Å²) in [5, 5.41) is 2.98. The van der Waals surface area contributed by atoms with Gasteiger partial charge in [-0.2, -0.15) is 0 Å². The third-order valence-corrected chi connectivity index (χ3v) is 2.98. The molecule has 0 spiro atoms. The second-order valence-corrected chi connectivity index (χ2v) is 4.30. The molecule has 2 heterocycles. The van der Waals surface area contributed by atoms with Gasteiger partial charge in [-0.15, -0.1) is 11.3 Å². The first-order valence-corrected chi connectivity index (χ1v) is 5.84. The molecule has 0 amide bonds. The van der Waals surface area contributed by atoms with Crippen molar-refractivity contribution in [3.8, 4) is 5.75 Å². The molecular weight excluding hydrogens is 222 g/mol. The molecular formula is C11H13N3OS. The summed E-state index contributed by atoms with van der Waals surface area (Å²) in [4.78, 5) is 8.46. The maximum absolute atomic E-state index is 5.55. The molecule has 2 aromatic rings. The van der Waals surface area contributed by atoms with E-state index in [-0.39, 0.29) is 0 Å². The van der Waals surface area contributed by atoms with Crippen LogP contribution in [0.3, 0.4) is 0 Å². The van der Waals surface area contributed by atoms with Crippen LogP contribution in [0, 0.1) is 6.92 Å². The molecule has 0 aliphatic heterocycles. The molecule has 0 saturated heterocycles. The first kappa shape index (κ1) is 11.0. The van der Waals surface area contributed by atoms with E-state index in [0.29, 0.717) is 13.2 Å². The monoisotopic (exact) mass is 235 g/mol. The predicted molar refractivity (Wildman–Crippen MR) is 63.3 cm³/mol. The van der Waals surface area contributed by atoms with Crippen LogP contribution in [-0.2, 0) is 13.2 Å². The molecule has 0 bridgehead atoms. The van der Waals surface area contributed by atoms with E-state index in [1.165, 1.54) is 0 Å². The van der Waals surface area contributed by atoms with Gasteiger partial charge in [0.05, 0.1) is 11.9 Å². The number of aryl methyl sites for hydroxylation is 1. The third-order valence-electron chi connectivity index (χ3n) is 2.04. The smallest absolute Gasteiger partial charge is 0.140 e. The molecule has 4 nitrogen and oxygen atoms in total. The van der Waals surface area contributed by atoms with Crippen molar-refractivity contribution < 1.29 is 4.74 Å². The lowest BCUT2D eigenvalue weighted by Crippen LogP contribution is -2.00. The van der Waals surface area contributed by atoms with Crippen LogP contribution in [0.4, 0.5) is 0 Å². The first-order chi connectivity index (χ1) is 7.78. The van der Waals surface area contributed by atoms with E-state index in [2.05, 4.69) is 9.97 Å². The van der Waals surface area contributed by atoms with Crippen molar-refractivity contribution in [1.29, 1.82) is 0 Å². The summed E-state index contributed by atoms with van der Waals surface area (Å²) in [5.74, 6) is 0.741. The van der Waals surface area contributed by atoms with Crippen molar-refractivity contribution >= 4 is 11.3 Å². The van der Waals surface area contributed by atoms with E-state index in [0.717, 1.165) is 22.1 Å². The Bertz CT molecular complexity index is 453. The van der Waals surface area contributed by atoms with Crippen LogP contribution in [-0.4, -0.2) is 9.97 Å². The fourth-order valence-electron chi connectivity index (χ4n) is 1.23. The summed E-state index contributed by atoms with van der Waals surface area (Å²) >= 11 is 1.60. The van der Waals surface area contributed by atoms with E-state index in [9.17, 15) is 0 Å². The zero-order chi connectivity index (χ0) is 11.4. The zero-order valence-electron chi connectivity index (χ0n) is 9.01. The standard InChI is InChI=1S/C11H13N3OS/c1-8-7-16-11(14-8)6-15-10-3-2-9(4-12)13-5-10/h2-3,5,7H,4,6,12H2,1H3. The number of hydrogen-bond donors (Lipinski definition) is 1. The molecule has 16 heavy (non-hydrogen) atoms. The van der Waals surface area contributed by atoms with E-state index < -0.39 is 0 Å². The Morgan fingerprint density at radius 3 is 2.88 bits per heavy atom. The van der Waals surface area contributed by atoms with Crippen LogP contribution >= 0.6 is 11.3 Å². The largest absolute Gasteiger partial charge is 0.485 e. The Balaban J connectivity index is 1.94. The number of nitrogens with two attached hydrogens (primary N) is 1. The first-order valence-electron chi connectivity index (χ1n) is 4.97. The van der Waals surface area contributed by atoms with Crippen LogP contribution in [0.2, 0.25) is 0 Å². The molecule has 5 heteroatoms. The number of pyridine rings is 1. The van der Waals surface area contributed by atoms with Crippen LogP contribution < -0.4 is 10.5 Å². The van der Waals surface area contributed by atoms with Gasteiger partial charge in [-0.3, -0.25) is 4.98 Å². The van der Waals surface area contributed by atoms with Gasteiger partial charge in [0.15, 0.2) is 0 Å². The van der Waals surface area contributed by atoms with Crippen LogP contribution in [0.1, 0.15) is 16.4 Å². The van der Waals surface area contributed by atoms with Crippen molar-refractivity contribution in [2.24, 2.45) is 5.73 Å². The van der Waals surface area contributed by atoms with Crippen molar-refractivity contribution in [3.05, 3.63) is 40.1 Å². The molecule has 0 unspecified atom stereocenters. The average molecular weight is 235 g/mol. The molecule has 2 rings (SSSR count). The highest BCUT2D eigenvalue weighted by atomic mass is 32.1. The summed E-state index contributed by atoms with van der Waals surface area (Å²) in [6, 6.07) is 3.73. The van der Waals surface area contributed by atoms with E-state index in [4.69, 9.17) is 10.5 Å². The Kier molecular flexibility index (Phi) is 3.48. The summed E-state index contributed by atoms with van der Waals surface area (Å²) in [7, 11) is 0. The lowest BCUT2D eigenvalue weighted by molar-refractivity contribution is 0.304. The molecule has 0 fully saturated rings. The van der Waals surface area contributed by atoms with Gasteiger partial charge in [0.2, 0.25) is 0 Å². The second kappa shape index (κ2) is 5.05. The maximum Gasteiger partial charge on any atom is 0.140 e. The normalized spacial score (nSPS) is 10.4. The van der Waals surface area contributed by atoms with E-state index in [1.807, 2.05) is 24.4 Å². The van der Waals surface area contributed by atoms with Gasteiger partial charge in [-0.25, -0.2) is 4.98 Å². The van der Waals surface area contributed by atoms with E-state index in [1.54, 1.807) is 17.5 Å². The number of rotatable bonds is 4. The van der Waals surface area contributed by atoms with Crippen molar-refractivity contribution in [3.63, 3.8) is 0 Å². The molecule has 0 atom stereocenters. The quantitative estimate of drug-likeness (QED) is 0.879. The number of hydrogen-bond acceptors (Lipinski definition) is 5. The zero-order valence-corrected chi connectivity index (χ0v) is 9.83. The Labute approximate surface area is 98.1 Å². The molecule has 2 aromatic heterocycles. The Hall–Kier alpha value is -1.46. The van der Waals surface area contributed by atoms with Crippen LogP contribution in [0.15, 0.2) is 23.7 Å². The highest BCUT2D eigenvalue weighted by Crippen LogP contribution is 2.14. The fraction of sp³-hybridized carbons (Fsp3) is 0.273. The van der Waals surface area contributed by atoms with Gasteiger partial charge in [0, 0.05) is 17.6 Å². The summed E-state index contributed by atoms with van der Waals surface area (Å²) < 4.78 is 5.55. The van der Waals surface area contributed by atoms with Gasteiger partial charge in [-0.05, 0) is 19.1 Å². The predicted octanol–water partition coefficient (Wildman–Crippen LogP) is 1.88. The molecule has 0 aliphatic rings. The lowest BCUT2D eigenvalue weighted by atomic mass is 10.3. The van der Waals surface area contributed by atoms with E-state index >= 15 is 0 Å². The third kappa shape index (κ3) is 2.77. The topological polar surface area (TPSA) is 61.0 Å². The van der Waals surface area contributed by atoms with Crippen molar-refractivity contribution in [2.75, 3.05) is 0 Å². The fourth-order valence-corrected chi connectivity index (χ4v) is 1.91. The van der Waals surface area contributed by atoms with Gasteiger partial charge >= 0.3 is 0 Å². The molecule has 84 valence electrons. The highest BCUT2D eigenvalue weighted by molar-refractivity contribution is 7.09. The van der Waals surface area contributed by atoms with Crippen molar-refractivity contribution in [1.82, 2.24) is 9.97 Å². The minimum absolute atomic E-state index is 0.450. The average Bonchev–Trinajstić information content (AvgIpc) is 2.73. The van der Waals surface area contributed by atoms with Crippen LogP contribution in [0.5, 0.6) is 5.75 Å². The number of thiazole rings is 1. The number of ether oxygens (including phenoxy) is 1. The second-order valence-electron chi connectivity index (χ2n) is 3.36. The molecule has 2 N–H and O–H groups in total. The highest BCUT2D eigenvalue weighted by Gasteiger charge is 2.00. The molecule has 0 aromatic carbocycles. The summed E-state index contributed by atoms with van der Waals surface area (Å²) in [6.07, 6.45) is 1.68. The number of nitrogens with zero attached hydrogens (tertiary/aromatic N) is 2. The Morgan fingerprint density at radius 2 is 2.31 bits per heavy atom. The van der Waals surface area contributed by atoms with Crippen LogP contribution in [0.25, 0.3) is 0 Å². The minimum Gasteiger partial charge on any atom is -0.485 e. The van der Waals surface area contributed by atoms with Gasteiger partial charge in [-0.1, -0.05) is 0 Å². The van der Waals surface area contributed by atoms with Gasteiger partial charge < -0.3 is 10.5 Å². The van der Waals surface area contributed by atoms with Gasteiger partial charge in [0.1, 0.15) is 17.4 Å². The lowest BCUT2D eigenvalue weighted by Gasteiger charge is -2.03. The molecule has 0 aliphatic carbocycles. The Morgan fingerprint density at radius 1 is 1.44 bits per heavy atom. The summed E-state index contributed by atoms with van der Waals surface area (Å²) in [6.45, 7) is 2.91. The van der Waals surface area contributed by atoms with Crippen molar-refractivity contribution in [2.45, 2.75) is 20.1 Å². The minimum atomic E-state index is 0.450. The molecule has 0 radical (unpaired) electrons. The summed E-state index contributed by atoms with van der Waals surface area (Å²) in [5.41, 5.74) is 7.34. The number of aromatic nitrogens is 2. The maximum atomic E-state index is 5.55. The van der Waals surface area contributed by atoms with Gasteiger partial charge in [0.25, 0.3) is 0 Å².